The number of benzene rings is 1. The molecule has 7 heteroatoms. The second-order valence-electron chi connectivity index (χ2n) is 4.53. The molecule has 0 atom stereocenters. The van der Waals surface area contributed by atoms with Gasteiger partial charge in [-0.25, -0.2) is 9.59 Å². The van der Waals surface area contributed by atoms with Crippen LogP contribution in [-0.4, -0.2) is 49.2 Å². The molecule has 0 fully saturated rings. The van der Waals surface area contributed by atoms with E-state index in [0.717, 1.165) is 13.0 Å². The number of anilines is 1. The number of halogens is 1. The molecule has 0 saturated heterocycles. The SMILES string of the molecule is CN(C)CCCNC(=O)Nc1cc(Br)ccc1C(=O)O. The molecule has 20 heavy (non-hydrogen) atoms. The van der Waals surface area contributed by atoms with Crippen LogP contribution in [0.4, 0.5) is 10.5 Å². The largest absolute Gasteiger partial charge is 0.478 e. The number of amides is 2. The van der Waals surface area contributed by atoms with Gasteiger partial charge in [0.15, 0.2) is 0 Å². The third-order valence-corrected chi connectivity index (χ3v) is 3.02. The molecule has 6 nitrogen and oxygen atoms in total. The fourth-order valence-corrected chi connectivity index (χ4v) is 1.93. The maximum atomic E-state index is 11.7. The standard InChI is InChI=1S/C13H18BrN3O3/c1-17(2)7-3-6-15-13(20)16-11-8-9(14)4-5-10(11)12(18)19/h4-5,8H,3,6-7H2,1-2H3,(H,18,19)(H2,15,16,20). The molecule has 1 aromatic carbocycles. The van der Waals surface area contributed by atoms with Crippen molar-refractivity contribution in [3.8, 4) is 0 Å². The Bertz CT molecular complexity index is 492. The number of hydrogen-bond acceptors (Lipinski definition) is 3. The van der Waals surface area contributed by atoms with Gasteiger partial charge in [0.25, 0.3) is 0 Å². The van der Waals surface area contributed by atoms with Crippen LogP contribution in [0.1, 0.15) is 16.8 Å². The average Bonchev–Trinajstić information content (AvgIpc) is 2.34. The number of aromatic carboxylic acids is 1. The van der Waals surface area contributed by atoms with Crippen LogP contribution in [0.25, 0.3) is 0 Å². The Balaban J connectivity index is 2.57. The lowest BCUT2D eigenvalue weighted by atomic mass is 10.2. The van der Waals surface area contributed by atoms with E-state index in [1.54, 1.807) is 12.1 Å². The van der Waals surface area contributed by atoms with E-state index in [-0.39, 0.29) is 11.3 Å². The number of nitrogens with one attached hydrogen (secondary N) is 2. The molecule has 0 aromatic heterocycles. The molecule has 1 aromatic rings. The number of rotatable bonds is 6. The molecule has 0 spiro atoms. The summed E-state index contributed by atoms with van der Waals surface area (Å²) in [6, 6.07) is 4.20. The highest BCUT2D eigenvalue weighted by Gasteiger charge is 2.12. The summed E-state index contributed by atoms with van der Waals surface area (Å²) in [5.41, 5.74) is 0.314. The smallest absolute Gasteiger partial charge is 0.337 e. The summed E-state index contributed by atoms with van der Waals surface area (Å²) in [7, 11) is 3.92. The summed E-state index contributed by atoms with van der Waals surface area (Å²) < 4.78 is 0.699. The number of nitrogens with zero attached hydrogens (tertiary/aromatic N) is 1. The molecular formula is C13H18BrN3O3. The van der Waals surface area contributed by atoms with Crippen molar-refractivity contribution >= 4 is 33.6 Å². The molecule has 3 N–H and O–H groups in total. The predicted molar refractivity (Wildman–Crippen MR) is 81.3 cm³/mol. The van der Waals surface area contributed by atoms with Crippen LogP contribution >= 0.6 is 15.9 Å². The van der Waals surface area contributed by atoms with Gasteiger partial charge in [-0.3, -0.25) is 0 Å². The minimum atomic E-state index is -1.08. The van der Waals surface area contributed by atoms with Crippen LogP contribution in [0.5, 0.6) is 0 Å². The average molecular weight is 344 g/mol. The normalized spacial score (nSPS) is 10.4. The molecule has 110 valence electrons. The van der Waals surface area contributed by atoms with Crippen LogP contribution in [0.3, 0.4) is 0 Å². The Morgan fingerprint density at radius 1 is 1.35 bits per heavy atom. The molecule has 0 aliphatic rings. The first-order chi connectivity index (χ1) is 9.40. The van der Waals surface area contributed by atoms with Crippen molar-refractivity contribution in [3.63, 3.8) is 0 Å². The monoisotopic (exact) mass is 343 g/mol. The van der Waals surface area contributed by atoms with Crippen LogP contribution < -0.4 is 10.6 Å². The summed E-state index contributed by atoms with van der Waals surface area (Å²) in [5, 5.41) is 14.3. The fraction of sp³-hybridized carbons (Fsp3) is 0.385. The molecule has 0 aliphatic carbocycles. The van der Waals surface area contributed by atoms with Crippen molar-refractivity contribution in [2.24, 2.45) is 0 Å². The number of carbonyl (C=O) groups excluding carboxylic acids is 1. The zero-order valence-corrected chi connectivity index (χ0v) is 13.0. The van der Waals surface area contributed by atoms with Crippen LogP contribution in [-0.2, 0) is 0 Å². The van der Waals surface area contributed by atoms with Gasteiger partial charge in [-0.1, -0.05) is 15.9 Å². The van der Waals surface area contributed by atoms with Gasteiger partial charge in [0, 0.05) is 11.0 Å². The second-order valence-corrected chi connectivity index (χ2v) is 5.45. The Hall–Kier alpha value is -1.60. The Labute approximate surface area is 126 Å². The third-order valence-electron chi connectivity index (χ3n) is 2.53. The number of hydrogen-bond donors (Lipinski definition) is 3. The summed E-state index contributed by atoms with van der Waals surface area (Å²) in [5.74, 6) is -1.08. The zero-order chi connectivity index (χ0) is 15.1. The highest BCUT2D eigenvalue weighted by atomic mass is 79.9. The van der Waals surface area contributed by atoms with E-state index in [0.29, 0.717) is 11.0 Å². The first kappa shape index (κ1) is 16.5. The van der Waals surface area contributed by atoms with E-state index < -0.39 is 12.0 Å². The molecule has 1 rings (SSSR count). The number of carboxylic acid groups (broad SMARTS) is 1. The summed E-state index contributed by atoms with van der Waals surface area (Å²) in [6.45, 7) is 1.40. The summed E-state index contributed by atoms with van der Waals surface area (Å²) in [4.78, 5) is 24.8. The van der Waals surface area contributed by atoms with Crippen molar-refractivity contribution in [1.29, 1.82) is 0 Å². The van der Waals surface area contributed by atoms with E-state index in [2.05, 4.69) is 26.6 Å². The minimum absolute atomic E-state index is 0.0524. The molecular weight excluding hydrogens is 326 g/mol. The van der Waals surface area contributed by atoms with Gasteiger partial charge in [-0.05, 0) is 45.3 Å². The molecule has 0 bridgehead atoms. The minimum Gasteiger partial charge on any atom is -0.478 e. The van der Waals surface area contributed by atoms with Crippen molar-refractivity contribution in [3.05, 3.63) is 28.2 Å². The van der Waals surface area contributed by atoms with Crippen LogP contribution in [0.2, 0.25) is 0 Å². The van der Waals surface area contributed by atoms with Crippen molar-refractivity contribution in [1.82, 2.24) is 10.2 Å². The quantitative estimate of drug-likeness (QED) is 0.691. The van der Waals surface area contributed by atoms with Crippen molar-refractivity contribution in [2.45, 2.75) is 6.42 Å². The third kappa shape index (κ3) is 5.58. The number of carboxylic acids is 1. The van der Waals surface area contributed by atoms with Gasteiger partial charge in [0.1, 0.15) is 0 Å². The molecule has 0 heterocycles. The molecule has 0 saturated carbocycles. The van der Waals surface area contributed by atoms with E-state index in [1.165, 1.54) is 6.07 Å². The van der Waals surface area contributed by atoms with E-state index in [9.17, 15) is 9.59 Å². The Morgan fingerprint density at radius 3 is 2.65 bits per heavy atom. The lowest BCUT2D eigenvalue weighted by Gasteiger charge is -2.12. The summed E-state index contributed by atoms with van der Waals surface area (Å²) in [6.07, 6.45) is 0.824. The summed E-state index contributed by atoms with van der Waals surface area (Å²) >= 11 is 3.24. The molecule has 2 amide bonds. The fourth-order valence-electron chi connectivity index (χ4n) is 1.57. The number of urea groups is 1. The highest BCUT2D eigenvalue weighted by Crippen LogP contribution is 2.21. The lowest BCUT2D eigenvalue weighted by Crippen LogP contribution is -2.31. The van der Waals surface area contributed by atoms with Gasteiger partial charge in [0.05, 0.1) is 11.3 Å². The molecule has 0 aliphatic heterocycles. The van der Waals surface area contributed by atoms with Crippen LogP contribution in [0, 0.1) is 0 Å². The topological polar surface area (TPSA) is 81.7 Å². The first-order valence-electron chi connectivity index (χ1n) is 6.12. The van der Waals surface area contributed by atoms with Crippen molar-refractivity contribution < 1.29 is 14.7 Å². The molecule has 0 radical (unpaired) electrons. The van der Waals surface area contributed by atoms with E-state index >= 15 is 0 Å². The van der Waals surface area contributed by atoms with Gasteiger partial charge in [-0.15, -0.1) is 0 Å². The number of carbonyl (C=O) groups is 2. The van der Waals surface area contributed by atoms with Crippen molar-refractivity contribution in [2.75, 3.05) is 32.5 Å². The van der Waals surface area contributed by atoms with Gasteiger partial charge < -0.3 is 20.6 Å². The van der Waals surface area contributed by atoms with Gasteiger partial charge in [0.2, 0.25) is 0 Å². The molecule has 0 unspecified atom stereocenters. The van der Waals surface area contributed by atoms with Gasteiger partial charge in [-0.2, -0.15) is 0 Å². The maximum absolute atomic E-state index is 11.7. The van der Waals surface area contributed by atoms with Gasteiger partial charge >= 0.3 is 12.0 Å². The lowest BCUT2D eigenvalue weighted by molar-refractivity contribution is 0.0698. The first-order valence-corrected chi connectivity index (χ1v) is 6.92. The van der Waals surface area contributed by atoms with E-state index in [4.69, 9.17) is 5.11 Å². The van der Waals surface area contributed by atoms with E-state index in [1.807, 2.05) is 19.0 Å². The highest BCUT2D eigenvalue weighted by molar-refractivity contribution is 9.10. The Morgan fingerprint density at radius 2 is 2.05 bits per heavy atom. The predicted octanol–water partition coefficient (Wildman–Crippen LogP) is 2.22. The maximum Gasteiger partial charge on any atom is 0.337 e. The zero-order valence-electron chi connectivity index (χ0n) is 11.4. The second kappa shape index (κ2) is 7.86. The Kier molecular flexibility index (Phi) is 6.47. The van der Waals surface area contributed by atoms with Crippen LogP contribution in [0.15, 0.2) is 22.7 Å².